The zero-order chi connectivity index (χ0) is 11.0. The van der Waals surface area contributed by atoms with E-state index in [1.807, 2.05) is 27.7 Å². The third-order valence-corrected chi connectivity index (χ3v) is 2.73. The first-order valence-corrected chi connectivity index (χ1v) is 4.82. The van der Waals surface area contributed by atoms with Gasteiger partial charge >= 0.3 is 13.0 Å². The minimum Gasteiger partial charge on any atom is -0.469 e. The summed E-state index contributed by atoms with van der Waals surface area (Å²) in [7, 11) is -0.889. The number of carbonyl (C=O) groups excluding carboxylic acids is 1. The van der Waals surface area contributed by atoms with Gasteiger partial charge in [0.15, 0.2) is 0 Å². The molecule has 0 bridgehead atoms. The summed E-state index contributed by atoms with van der Waals surface area (Å²) < 4.78 is 15.8. The van der Waals surface area contributed by atoms with Crippen molar-refractivity contribution in [1.82, 2.24) is 0 Å². The van der Waals surface area contributed by atoms with Crippen molar-refractivity contribution in [3.8, 4) is 0 Å². The summed E-state index contributed by atoms with van der Waals surface area (Å²) in [5.74, 6) is -0.453. The van der Waals surface area contributed by atoms with Crippen molar-refractivity contribution in [2.75, 3.05) is 6.61 Å². The first-order valence-electron chi connectivity index (χ1n) is 4.82. The van der Waals surface area contributed by atoms with Crippen molar-refractivity contribution in [2.24, 2.45) is 0 Å². The highest BCUT2D eigenvalue weighted by atomic mass is 16.7. The van der Waals surface area contributed by atoms with Crippen LogP contribution in [0.3, 0.4) is 0 Å². The Hall–Kier alpha value is -0.545. The summed E-state index contributed by atoms with van der Waals surface area (Å²) in [6.45, 7) is 9.67. The summed E-state index contributed by atoms with van der Waals surface area (Å²) in [6.07, 6.45) is 0. The fourth-order valence-electron chi connectivity index (χ4n) is 1.15. The molecule has 14 heavy (non-hydrogen) atoms. The Kier molecular flexibility index (Phi) is 2.92. The van der Waals surface area contributed by atoms with Crippen LogP contribution >= 0.6 is 0 Å². The first kappa shape index (κ1) is 11.5. The van der Waals surface area contributed by atoms with Gasteiger partial charge in [-0.25, -0.2) is 0 Å². The molecule has 1 aliphatic heterocycles. The molecule has 0 unspecified atom stereocenters. The molecule has 0 aromatic carbocycles. The van der Waals surface area contributed by atoms with Crippen LogP contribution in [0.4, 0.5) is 4.79 Å². The first-order chi connectivity index (χ1) is 6.30. The van der Waals surface area contributed by atoms with E-state index in [1.165, 1.54) is 0 Å². The molecule has 4 nitrogen and oxygen atoms in total. The standard InChI is InChI=1S/C9H17BO4/c1-6-12-7(11)10-13-8(2,3)9(4,5)14-10/h6H2,1-5H3. The van der Waals surface area contributed by atoms with E-state index in [0.717, 1.165) is 0 Å². The molecule has 5 heteroatoms. The lowest BCUT2D eigenvalue weighted by Gasteiger charge is -2.32. The molecule has 1 aliphatic rings. The quantitative estimate of drug-likeness (QED) is 0.637. The average molecular weight is 200 g/mol. The van der Waals surface area contributed by atoms with Gasteiger partial charge in [-0.05, 0) is 34.6 Å². The molecule has 0 amide bonds. The highest BCUT2D eigenvalue weighted by Gasteiger charge is 2.55. The van der Waals surface area contributed by atoms with Crippen LogP contribution in [0.2, 0.25) is 0 Å². The molecular weight excluding hydrogens is 183 g/mol. The molecule has 0 spiro atoms. The lowest BCUT2D eigenvalue weighted by molar-refractivity contribution is 0.00578. The molecule has 0 aromatic heterocycles. The summed E-state index contributed by atoms with van der Waals surface area (Å²) >= 11 is 0. The molecule has 0 saturated carbocycles. The molecular formula is C9H17BO4. The number of rotatable bonds is 2. The van der Waals surface area contributed by atoms with Gasteiger partial charge in [0, 0.05) is 0 Å². The fourth-order valence-corrected chi connectivity index (χ4v) is 1.15. The van der Waals surface area contributed by atoms with Gasteiger partial charge in [-0.1, -0.05) is 0 Å². The van der Waals surface area contributed by atoms with Crippen LogP contribution in [-0.4, -0.2) is 30.8 Å². The molecule has 0 N–H and O–H groups in total. The second-order valence-corrected chi connectivity index (χ2v) is 4.34. The van der Waals surface area contributed by atoms with Crippen LogP contribution in [0.25, 0.3) is 0 Å². The van der Waals surface area contributed by atoms with Gasteiger partial charge in [0.1, 0.15) is 0 Å². The van der Waals surface area contributed by atoms with Gasteiger partial charge in [0.25, 0.3) is 0 Å². The van der Waals surface area contributed by atoms with Crippen LogP contribution in [0.5, 0.6) is 0 Å². The van der Waals surface area contributed by atoms with Gasteiger partial charge in [-0.15, -0.1) is 0 Å². The Morgan fingerprint density at radius 3 is 2.00 bits per heavy atom. The van der Waals surface area contributed by atoms with Gasteiger partial charge < -0.3 is 14.0 Å². The number of carbonyl (C=O) groups is 1. The summed E-state index contributed by atoms with van der Waals surface area (Å²) in [5, 5.41) is 0. The van der Waals surface area contributed by atoms with Crippen molar-refractivity contribution in [3.63, 3.8) is 0 Å². The van der Waals surface area contributed by atoms with Gasteiger partial charge in [-0.2, -0.15) is 0 Å². The zero-order valence-corrected chi connectivity index (χ0v) is 9.42. The Labute approximate surface area is 85.0 Å². The predicted octanol–water partition coefficient (Wildman–Crippen LogP) is 1.82. The molecule has 1 saturated heterocycles. The highest BCUT2D eigenvalue weighted by Crippen LogP contribution is 2.36. The second-order valence-electron chi connectivity index (χ2n) is 4.34. The molecule has 0 radical (unpaired) electrons. The summed E-state index contributed by atoms with van der Waals surface area (Å²) in [5.41, 5.74) is -0.963. The van der Waals surface area contributed by atoms with Crippen LogP contribution in [0.15, 0.2) is 0 Å². The number of hydrogen-bond donors (Lipinski definition) is 0. The second kappa shape index (κ2) is 3.55. The van der Waals surface area contributed by atoms with Crippen LogP contribution < -0.4 is 0 Å². The SMILES string of the molecule is CCOC(=O)B1OC(C)(C)C(C)(C)O1. The van der Waals surface area contributed by atoms with Crippen molar-refractivity contribution >= 4 is 13.0 Å². The molecule has 1 rings (SSSR count). The van der Waals surface area contributed by atoms with Crippen molar-refractivity contribution in [2.45, 2.75) is 45.8 Å². The maximum Gasteiger partial charge on any atom is 0.585 e. The topological polar surface area (TPSA) is 44.8 Å². The maximum absolute atomic E-state index is 11.3. The number of hydrogen-bond acceptors (Lipinski definition) is 4. The molecule has 1 fully saturated rings. The smallest absolute Gasteiger partial charge is 0.469 e. The van der Waals surface area contributed by atoms with Gasteiger partial charge in [0.2, 0.25) is 0 Å². The van der Waals surface area contributed by atoms with E-state index >= 15 is 0 Å². The van der Waals surface area contributed by atoms with E-state index in [-0.39, 0.29) is 0 Å². The normalized spacial score (nSPS) is 23.6. The maximum atomic E-state index is 11.3. The lowest BCUT2D eigenvalue weighted by atomic mass is 9.90. The minimum absolute atomic E-state index is 0.336. The van der Waals surface area contributed by atoms with Crippen LogP contribution in [0, 0.1) is 0 Å². The van der Waals surface area contributed by atoms with E-state index in [4.69, 9.17) is 14.0 Å². The predicted molar refractivity (Wildman–Crippen MR) is 53.1 cm³/mol. The summed E-state index contributed by atoms with van der Waals surface area (Å²) in [4.78, 5) is 11.3. The van der Waals surface area contributed by atoms with Crippen molar-refractivity contribution < 1.29 is 18.8 Å². The fraction of sp³-hybridized carbons (Fsp3) is 0.889. The van der Waals surface area contributed by atoms with Crippen molar-refractivity contribution in [3.05, 3.63) is 0 Å². The molecule has 1 heterocycles. The average Bonchev–Trinajstić information content (AvgIpc) is 2.22. The van der Waals surface area contributed by atoms with Gasteiger partial charge in [-0.3, -0.25) is 4.79 Å². The molecule has 80 valence electrons. The monoisotopic (exact) mass is 200 g/mol. The Morgan fingerprint density at radius 1 is 1.21 bits per heavy atom. The third-order valence-electron chi connectivity index (χ3n) is 2.73. The molecule has 0 aliphatic carbocycles. The Balaban J connectivity index is 2.68. The van der Waals surface area contributed by atoms with E-state index in [2.05, 4.69) is 0 Å². The number of ether oxygens (including phenoxy) is 1. The largest absolute Gasteiger partial charge is 0.585 e. The summed E-state index contributed by atoms with van der Waals surface area (Å²) in [6, 6.07) is 0. The van der Waals surface area contributed by atoms with Crippen LogP contribution in [0.1, 0.15) is 34.6 Å². The van der Waals surface area contributed by atoms with Crippen LogP contribution in [-0.2, 0) is 14.0 Å². The molecule has 0 aromatic rings. The Morgan fingerprint density at radius 2 is 1.64 bits per heavy atom. The highest BCUT2D eigenvalue weighted by molar-refractivity contribution is 6.79. The third kappa shape index (κ3) is 1.93. The van der Waals surface area contributed by atoms with E-state index in [1.54, 1.807) is 6.92 Å². The lowest BCUT2D eigenvalue weighted by Crippen LogP contribution is -2.41. The Bertz CT molecular complexity index is 221. The zero-order valence-electron chi connectivity index (χ0n) is 9.42. The van der Waals surface area contributed by atoms with E-state index < -0.39 is 24.2 Å². The van der Waals surface area contributed by atoms with Crippen molar-refractivity contribution in [1.29, 1.82) is 0 Å². The van der Waals surface area contributed by atoms with E-state index in [0.29, 0.717) is 6.61 Å². The van der Waals surface area contributed by atoms with Gasteiger partial charge in [0.05, 0.1) is 17.8 Å². The minimum atomic E-state index is -0.889. The molecule has 0 atom stereocenters. The van der Waals surface area contributed by atoms with E-state index in [9.17, 15) is 4.79 Å².